The minimum Gasteiger partial charge on any atom is -0.294 e. The maximum absolute atomic E-state index is 13.1. The van der Waals surface area contributed by atoms with Crippen molar-refractivity contribution in [2.45, 2.75) is 46.0 Å². The third-order valence-corrected chi connectivity index (χ3v) is 4.71. The molecule has 0 saturated heterocycles. The Morgan fingerprint density at radius 3 is 2.71 bits per heavy atom. The first kappa shape index (κ1) is 14.2. The van der Waals surface area contributed by atoms with Gasteiger partial charge < -0.3 is 0 Å². The summed E-state index contributed by atoms with van der Waals surface area (Å²) in [4.78, 5) is 17.5. The average Bonchev–Trinajstić information content (AvgIpc) is 2.95. The van der Waals surface area contributed by atoms with Crippen LogP contribution in [-0.2, 0) is 0 Å². The Morgan fingerprint density at radius 1 is 1.24 bits per heavy atom. The molecule has 1 aliphatic rings. The quantitative estimate of drug-likeness (QED) is 0.736. The number of rotatable bonds is 4. The molecule has 0 radical (unpaired) electrons. The number of nitrogens with zero attached hydrogens (tertiary/aromatic N) is 1. The zero-order valence-electron chi connectivity index (χ0n) is 12.9. The number of carbonyl (C=O) groups excluding carboxylic acids is 1. The highest BCUT2D eigenvalue weighted by molar-refractivity contribution is 6.03. The van der Waals surface area contributed by atoms with Gasteiger partial charge in [-0.05, 0) is 49.4 Å². The standard InChI is InChI=1S/C19H23NO/c1-14(2)13-19(9-3-4-10-19)18(21)16-7-8-17-15(12-16)6-5-11-20-17/h5-8,11-12,14H,3-4,9-10,13H2,1-2H3. The molecule has 0 amide bonds. The topological polar surface area (TPSA) is 30.0 Å². The van der Waals surface area contributed by atoms with Crippen LogP contribution in [0.2, 0.25) is 0 Å². The van der Waals surface area contributed by atoms with Crippen molar-refractivity contribution in [3.63, 3.8) is 0 Å². The molecule has 0 spiro atoms. The molecule has 0 atom stereocenters. The molecule has 2 heteroatoms. The Hall–Kier alpha value is -1.70. The van der Waals surface area contributed by atoms with Crippen LogP contribution in [0, 0.1) is 11.3 Å². The molecule has 0 bridgehead atoms. The minimum absolute atomic E-state index is 0.121. The van der Waals surface area contributed by atoms with Crippen molar-refractivity contribution in [2.24, 2.45) is 11.3 Å². The lowest BCUT2D eigenvalue weighted by molar-refractivity contribution is 0.0760. The van der Waals surface area contributed by atoms with Crippen molar-refractivity contribution in [3.05, 3.63) is 42.1 Å². The second-order valence-corrected chi connectivity index (χ2v) is 6.83. The van der Waals surface area contributed by atoms with Gasteiger partial charge in [-0.2, -0.15) is 0 Å². The molecule has 0 aliphatic heterocycles. The van der Waals surface area contributed by atoms with Gasteiger partial charge in [0.05, 0.1) is 5.52 Å². The molecule has 1 saturated carbocycles. The first-order chi connectivity index (χ1) is 10.1. The first-order valence-corrected chi connectivity index (χ1v) is 8.00. The summed E-state index contributed by atoms with van der Waals surface area (Å²) in [6.45, 7) is 4.44. The molecule has 0 unspecified atom stereocenters. The molecule has 0 N–H and O–H groups in total. The molecule has 21 heavy (non-hydrogen) atoms. The number of carbonyl (C=O) groups is 1. The third kappa shape index (κ3) is 2.72. The van der Waals surface area contributed by atoms with Gasteiger partial charge in [-0.3, -0.25) is 9.78 Å². The van der Waals surface area contributed by atoms with Crippen molar-refractivity contribution >= 4 is 16.7 Å². The largest absolute Gasteiger partial charge is 0.294 e. The molecule has 1 aromatic carbocycles. The molecule has 3 rings (SSSR count). The molecule has 110 valence electrons. The van der Waals surface area contributed by atoms with E-state index in [4.69, 9.17) is 0 Å². The maximum Gasteiger partial charge on any atom is 0.169 e. The van der Waals surface area contributed by atoms with Crippen molar-refractivity contribution in [3.8, 4) is 0 Å². The van der Waals surface area contributed by atoms with Crippen LogP contribution in [0.1, 0.15) is 56.3 Å². The third-order valence-electron chi connectivity index (χ3n) is 4.71. The number of fused-ring (bicyclic) bond motifs is 1. The van der Waals surface area contributed by atoms with Gasteiger partial charge in [-0.15, -0.1) is 0 Å². The van der Waals surface area contributed by atoms with E-state index < -0.39 is 0 Å². The van der Waals surface area contributed by atoms with Gasteiger partial charge in [0.2, 0.25) is 0 Å². The molecular weight excluding hydrogens is 258 g/mol. The summed E-state index contributed by atoms with van der Waals surface area (Å²) < 4.78 is 0. The Kier molecular flexibility index (Phi) is 3.79. The summed E-state index contributed by atoms with van der Waals surface area (Å²) in [5.41, 5.74) is 1.70. The van der Waals surface area contributed by atoms with Crippen LogP contribution < -0.4 is 0 Å². The molecule has 1 heterocycles. The Labute approximate surface area is 126 Å². The Balaban J connectivity index is 1.97. The minimum atomic E-state index is -0.121. The van der Waals surface area contributed by atoms with Gasteiger partial charge in [0.15, 0.2) is 5.78 Å². The van der Waals surface area contributed by atoms with E-state index in [-0.39, 0.29) is 5.41 Å². The van der Waals surface area contributed by atoms with Crippen LogP contribution >= 0.6 is 0 Å². The second-order valence-electron chi connectivity index (χ2n) is 6.83. The van der Waals surface area contributed by atoms with Crippen LogP contribution in [-0.4, -0.2) is 10.8 Å². The summed E-state index contributed by atoms with van der Waals surface area (Å²) in [6, 6.07) is 9.91. The van der Waals surface area contributed by atoms with Crippen LogP contribution in [0.4, 0.5) is 0 Å². The second kappa shape index (κ2) is 5.59. The molecular formula is C19H23NO. The van der Waals surface area contributed by atoms with Gasteiger partial charge in [0.1, 0.15) is 0 Å². The van der Waals surface area contributed by atoms with Gasteiger partial charge in [0.25, 0.3) is 0 Å². The number of hydrogen-bond acceptors (Lipinski definition) is 2. The molecule has 1 aliphatic carbocycles. The van der Waals surface area contributed by atoms with Crippen molar-refractivity contribution < 1.29 is 4.79 Å². The van der Waals surface area contributed by atoms with Crippen LogP contribution in [0.3, 0.4) is 0 Å². The van der Waals surface area contributed by atoms with E-state index in [1.165, 1.54) is 12.8 Å². The highest BCUT2D eigenvalue weighted by Crippen LogP contribution is 2.45. The van der Waals surface area contributed by atoms with E-state index in [1.807, 2.05) is 30.3 Å². The molecule has 2 nitrogen and oxygen atoms in total. The summed E-state index contributed by atoms with van der Waals surface area (Å²) in [5.74, 6) is 0.911. The Bertz CT molecular complexity index is 653. The van der Waals surface area contributed by atoms with E-state index in [0.29, 0.717) is 11.7 Å². The van der Waals surface area contributed by atoms with Crippen molar-refractivity contribution in [1.82, 2.24) is 4.98 Å². The van der Waals surface area contributed by atoms with Crippen molar-refractivity contribution in [1.29, 1.82) is 0 Å². The fraction of sp³-hybridized carbons (Fsp3) is 0.474. The monoisotopic (exact) mass is 281 g/mol. The zero-order chi connectivity index (χ0) is 14.9. The number of aromatic nitrogens is 1. The van der Waals surface area contributed by atoms with E-state index in [9.17, 15) is 4.79 Å². The summed E-state index contributed by atoms with van der Waals surface area (Å²) in [7, 11) is 0. The van der Waals surface area contributed by atoms with Gasteiger partial charge >= 0.3 is 0 Å². The highest BCUT2D eigenvalue weighted by atomic mass is 16.1. The predicted molar refractivity (Wildman–Crippen MR) is 86.4 cm³/mol. The first-order valence-electron chi connectivity index (χ1n) is 8.00. The maximum atomic E-state index is 13.1. The van der Waals surface area contributed by atoms with Crippen molar-refractivity contribution in [2.75, 3.05) is 0 Å². The number of hydrogen-bond donors (Lipinski definition) is 0. The van der Waals surface area contributed by atoms with Crippen LogP contribution in [0.15, 0.2) is 36.5 Å². The smallest absolute Gasteiger partial charge is 0.169 e. The van der Waals surface area contributed by atoms with E-state index in [2.05, 4.69) is 18.8 Å². The number of benzene rings is 1. The van der Waals surface area contributed by atoms with Gasteiger partial charge in [0, 0.05) is 22.6 Å². The Morgan fingerprint density at radius 2 is 2.00 bits per heavy atom. The van der Waals surface area contributed by atoms with Gasteiger partial charge in [-0.25, -0.2) is 0 Å². The highest BCUT2D eigenvalue weighted by Gasteiger charge is 2.41. The van der Waals surface area contributed by atoms with Gasteiger partial charge in [-0.1, -0.05) is 32.8 Å². The summed E-state index contributed by atoms with van der Waals surface area (Å²) in [6.07, 6.45) is 7.28. The normalized spacial score (nSPS) is 17.5. The number of ketones is 1. The predicted octanol–water partition coefficient (Wildman–Crippen LogP) is 5.02. The fourth-order valence-electron chi connectivity index (χ4n) is 3.88. The molecule has 2 aromatic rings. The number of pyridine rings is 1. The fourth-order valence-corrected chi connectivity index (χ4v) is 3.88. The zero-order valence-corrected chi connectivity index (χ0v) is 12.9. The lowest BCUT2D eigenvalue weighted by Crippen LogP contribution is -2.29. The number of Topliss-reactive ketones (excluding diaryl/α,β-unsaturated/α-hetero) is 1. The van der Waals surface area contributed by atoms with Crippen LogP contribution in [0.25, 0.3) is 10.9 Å². The SMILES string of the molecule is CC(C)CC1(C(=O)c2ccc3ncccc3c2)CCCC1. The summed E-state index contributed by atoms with van der Waals surface area (Å²) in [5, 5.41) is 1.06. The van der Waals surface area contributed by atoms with E-state index in [1.54, 1.807) is 6.20 Å². The van der Waals surface area contributed by atoms with Crippen LogP contribution in [0.5, 0.6) is 0 Å². The lowest BCUT2D eigenvalue weighted by atomic mass is 9.73. The molecule has 1 fully saturated rings. The average molecular weight is 281 g/mol. The lowest BCUT2D eigenvalue weighted by Gasteiger charge is -2.29. The van der Waals surface area contributed by atoms with E-state index >= 15 is 0 Å². The molecule has 1 aromatic heterocycles. The van der Waals surface area contributed by atoms with E-state index in [0.717, 1.165) is 35.7 Å². The summed E-state index contributed by atoms with van der Waals surface area (Å²) >= 11 is 0.